The van der Waals surface area contributed by atoms with Crippen LogP contribution in [0, 0.1) is 11.3 Å². The molecule has 0 amide bonds. The molecule has 11 heteroatoms. The molecule has 9 nitrogen and oxygen atoms in total. The van der Waals surface area contributed by atoms with E-state index in [1.807, 2.05) is 36.4 Å². The summed E-state index contributed by atoms with van der Waals surface area (Å²) in [6, 6.07) is 18.0. The van der Waals surface area contributed by atoms with E-state index in [1.54, 1.807) is 24.3 Å². The van der Waals surface area contributed by atoms with Crippen LogP contribution in [-0.4, -0.2) is 31.6 Å². The van der Waals surface area contributed by atoms with E-state index in [2.05, 4.69) is 10.7 Å². The minimum absolute atomic E-state index is 0.0142. The van der Waals surface area contributed by atoms with Gasteiger partial charge in [-0.3, -0.25) is 10.2 Å². The lowest BCUT2D eigenvalue weighted by atomic mass is 9.82. The fourth-order valence-corrected chi connectivity index (χ4v) is 4.99. The number of thiocarbonyl (C=S) groups is 2. The maximum absolute atomic E-state index is 13.8. The summed E-state index contributed by atoms with van der Waals surface area (Å²) in [6.07, 6.45) is 0. The Labute approximate surface area is 187 Å². The fourth-order valence-electron chi connectivity index (χ4n) is 4.47. The number of rotatable bonds is 2. The summed E-state index contributed by atoms with van der Waals surface area (Å²) in [7, 11) is 0. The first-order valence-corrected chi connectivity index (χ1v) is 9.96. The number of ketones is 1. The normalized spacial score (nSPS) is 25.5. The van der Waals surface area contributed by atoms with Gasteiger partial charge in [-0.1, -0.05) is 42.5 Å². The van der Waals surface area contributed by atoms with Gasteiger partial charge in [0.15, 0.2) is 5.11 Å². The molecule has 0 radical (unpaired) electrons. The van der Waals surface area contributed by atoms with Crippen molar-refractivity contribution in [3.63, 3.8) is 0 Å². The van der Waals surface area contributed by atoms with Crippen LogP contribution >= 0.6 is 24.4 Å². The molecule has 2 aromatic rings. The van der Waals surface area contributed by atoms with Gasteiger partial charge in [0.1, 0.15) is 11.6 Å². The standard InChI is InChI=1S/C20H15N7O2S2/c21-10-14-16(22)29-20-13-9-5-4-8-12(13)15(28)19(14,20)27(18(31)26(20)23)25-17(30)24-11-6-2-1-3-7-11/h1-9H,22-23H2,(H2,24,25,30)/t19-,20-/m1/s1. The molecule has 31 heavy (non-hydrogen) atoms. The van der Waals surface area contributed by atoms with E-state index in [-0.39, 0.29) is 21.7 Å². The molecule has 2 aromatic carbocycles. The van der Waals surface area contributed by atoms with E-state index in [4.69, 9.17) is 40.7 Å². The van der Waals surface area contributed by atoms with Crippen LogP contribution in [0.25, 0.3) is 0 Å². The lowest BCUT2D eigenvalue weighted by Gasteiger charge is -2.37. The zero-order chi connectivity index (χ0) is 22.0. The molecule has 2 aliphatic heterocycles. The van der Waals surface area contributed by atoms with Gasteiger partial charge in [0, 0.05) is 16.8 Å². The largest absolute Gasteiger partial charge is 0.443 e. The maximum atomic E-state index is 13.8. The van der Waals surface area contributed by atoms with Gasteiger partial charge in [-0.05, 0) is 36.6 Å². The molecule has 0 saturated carbocycles. The first-order valence-electron chi connectivity index (χ1n) is 9.15. The zero-order valence-corrected chi connectivity index (χ0v) is 17.5. The topological polar surface area (TPSA) is 133 Å². The molecule has 0 bridgehead atoms. The Morgan fingerprint density at radius 1 is 1.16 bits per heavy atom. The van der Waals surface area contributed by atoms with Gasteiger partial charge in [-0.25, -0.2) is 15.9 Å². The Morgan fingerprint density at radius 2 is 1.84 bits per heavy atom. The highest BCUT2D eigenvalue weighted by Gasteiger charge is 2.82. The third-order valence-corrected chi connectivity index (χ3v) is 6.22. The number of Topliss-reactive ketones (excluding diaryl/α,β-unsaturated/α-hetero) is 1. The second-order valence-electron chi connectivity index (χ2n) is 7.10. The van der Waals surface area contributed by atoms with Crippen molar-refractivity contribution < 1.29 is 9.53 Å². The van der Waals surface area contributed by atoms with Crippen LogP contribution in [0.15, 0.2) is 66.1 Å². The van der Waals surface area contributed by atoms with Crippen LogP contribution < -0.4 is 22.3 Å². The molecule has 0 aromatic heterocycles. The van der Waals surface area contributed by atoms with Gasteiger partial charge >= 0.3 is 0 Å². The number of benzene rings is 2. The number of nitrogens with two attached hydrogens (primary N) is 2. The molecule has 6 N–H and O–H groups in total. The minimum atomic E-state index is -1.77. The maximum Gasteiger partial charge on any atom is 0.264 e. The van der Waals surface area contributed by atoms with Gasteiger partial charge in [-0.15, -0.1) is 0 Å². The SMILES string of the molecule is N#CC1=C(N)O[C@]23c4ccccc4C(=O)[C@]12N(NC(=S)Nc1ccccc1)C(=S)N3N. The van der Waals surface area contributed by atoms with Crippen molar-refractivity contribution in [3.8, 4) is 6.07 Å². The molecule has 2 atom stereocenters. The summed E-state index contributed by atoms with van der Waals surface area (Å²) >= 11 is 11.0. The minimum Gasteiger partial charge on any atom is -0.443 e. The number of carbonyl (C=O) groups excluding carboxylic acids is 1. The Balaban J connectivity index is 1.66. The van der Waals surface area contributed by atoms with Crippen molar-refractivity contribution in [1.82, 2.24) is 15.4 Å². The second kappa shape index (κ2) is 6.39. The van der Waals surface area contributed by atoms with Gasteiger partial charge in [0.25, 0.3) is 5.72 Å². The van der Waals surface area contributed by atoms with Crippen molar-refractivity contribution in [2.75, 3.05) is 5.32 Å². The van der Waals surface area contributed by atoms with E-state index in [1.165, 1.54) is 5.01 Å². The number of para-hydroxylation sites is 1. The average molecular weight is 450 g/mol. The van der Waals surface area contributed by atoms with Crippen LogP contribution in [-0.2, 0) is 10.5 Å². The first kappa shape index (κ1) is 19.3. The Hall–Kier alpha value is -3.72. The van der Waals surface area contributed by atoms with Gasteiger partial charge in [-0.2, -0.15) is 5.26 Å². The highest BCUT2D eigenvalue weighted by atomic mass is 32.1. The molecular weight excluding hydrogens is 434 g/mol. The van der Waals surface area contributed by atoms with Crippen molar-refractivity contribution in [2.24, 2.45) is 11.6 Å². The summed E-state index contributed by atoms with van der Waals surface area (Å²) in [4.78, 5) is 13.8. The summed E-state index contributed by atoms with van der Waals surface area (Å²) < 4.78 is 5.98. The number of nitrogens with one attached hydrogen (secondary N) is 2. The number of nitriles is 1. The average Bonchev–Trinajstić information content (AvgIpc) is 3.23. The number of nitrogens with zero attached hydrogens (tertiary/aromatic N) is 3. The number of hydrogen-bond donors (Lipinski definition) is 4. The van der Waals surface area contributed by atoms with E-state index >= 15 is 0 Å². The molecule has 5 rings (SSSR count). The summed E-state index contributed by atoms with van der Waals surface area (Å²) in [6.45, 7) is 0. The van der Waals surface area contributed by atoms with Crippen molar-refractivity contribution in [3.05, 3.63) is 77.2 Å². The van der Waals surface area contributed by atoms with Gasteiger partial charge < -0.3 is 15.8 Å². The number of fused-ring (bicyclic) bond motifs is 1. The number of hydrazine groups is 2. The van der Waals surface area contributed by atoms with Crippen LogP contribution in [0.2, 0.25) is 0 Å². The predicted molar refractivity (Wildman–Crippen MR) is 119 cm³/mol. The van der Waals surface area contributed by atoms with Crippen LogP contribution in [0.1, 0.15) is 15.9 Å². The number of ether oxygens (including phenoxy) is 1. The van der Waals surface area contributed by atoms with Gasteiger partial charge in [0.05, 0.1) is 0 Å². The Bertz CT molecular complexity index is 1240. The van der Waals surface area contributed by atoms with Crippen molar-refractivity contribution in [1.29, 1.82) is 5.26 Å². The molecular formula is C20H15N7O2S2. The van der Waals surface area contributed by atoms with Crippen LogP contribution in [0.3, 0.4) is 0 Å². The third kappa shape index (κ3) is 2.13. The van der Waals surface area contributed by atoms with Gasteiger partial charge in [0.2, 0.25) is 22.3 Å². The van der Waals surface area contributed by atoms with Crippen molar-refractivity contribution >= 4 is 46.1 Å². The molecule has 154 valence electrons. The first-order chi connectivity index (χ1) is 14.9. The molecule has 3 aliphatic rings. The summed E-state index contributed by atoms with van der Waals surface area (Å²) in [5.41, 5.74) is 7.02. The highest BCUT2D eigenvalue weighted by molar-refractivity contribution is 7.80. The molecule has 1 saturated heterocycles. The lowest BCUT2D eigenvalue weighted by molar-refractivity contribution is -0.102. The molecule has 0 spiro atoms. The number of hydrogen-bond acceptors (Lipinski definition) is 7. The highest BCUT2D eigenvalue weighted by Crippen LogP contribution is 2.62. The smallest absolute Gasteiger partial charge is 0.264 e. The number of carbonyl (C=O) groups is 1. The molecule has 0 unspecified atom stereocenters. The monoisotopic (exact) mass is 449 g/mol. The quantitative estimate of drug-likeness (QED) is 0.389. The third-order valence-electron chi connectivity index (χ3n) is 5.65. The molecule has 1 fully saturated rings. The van der Waals surface area contributed by atoms with Crippen molar-refractivity contribution in [2.45, 2.75) is 11.3 Å². The number of anilines is 1. The Kier molecular flexibility index (Phi) is 3.97. The van der Waals surface area contributed by atoms with E-state index in [0.29, 0.717) is 11.1 Å². The second-order valence-corrected chi connectivity index (χ2v) is 7.88. The van der Waals surface area contributed by atoms with E-state index < -0.39 is 17.0 Å². The van der Waals surface area contributed by atoms with Crippen LogP contribution in [0.5, 0.6) is 0 Å². The summed E-state index contributed by atoms with van der Waals surface area (Å²) in [5, 5.41) is 15.6. The fraction of sp³-hybridized carbons (Fsp3) is 0.100. The molecule has 2 heterocycles. The van der Waals surface area contributed by atoms with E-state index in [0.717, 1.165) is 10.7 Å². The van der Waals surface area contributed by atoms with Crippen LogP contribution in [0.4, 0.5) is 5.69 Å². The molecule has 1 aliphatic carbocycles. The predicted octanol–water partition coefficient (Wildman–Crippen LogP) is 1.18. The summed E-state index contributed by atoms with van der Waals surface area (Å²) in [5.74, 6) is 5.76. The lowest BCUT2D eigenvalue weighted by Crippen LogP contribution is -2.64. The Morgan fingerprint density at radius 3 is 2.55 bits per heavy atom. The van der Waals surface area contributed by atoms with E-state index in [9.17, 15) is 10.1 Å². The zero-order valence-electron chi connectivity index (χ0n) is 15.8.